The van der Waals surface area contributed by atoms with Gasteiger partial charge in [0.1, 0.15) is 11.9 Å². The van der Waals surface area contributed by atoms with Crippen molar-refractivity contribution < 1.29 is 23.8 Å². The van der Waals surface area contributed by atoms with Crippen LogP contribution in [0.2, 0.25) is 0 Å². The smallest absolute Gasteiger partial charge is 0.276 e. The van der Waals surface area contributed by atoms with Crippen LogP contribution in [0.15, 0.2) is 30.5 Å². The Kier molecular flexibility index (Phi) is 4.90. The topological polar surface area (TPSA) is 89.7 Å². The van der Waals surface area contributed by atoms with Crippen LogP contribution in [0.25, 0.3) is 0 Å². The number of hydrogen-bond donors (Lipinski definition) is 1. The van der Waals surface area contributed by atoms with Crippen LogP contribution in [0.4, 0.5) is 4.39 Å². The van der Waals surface area contributed by atoms with Gasteiger partial charge in [0.15, 0.2) is 11.5 Å². The molecule has 0 bridgehead atoms. The summed E-state index contributed by atoms with van der Waals surface area (Å²) >= 11 is 0. The van der Waals surface area contributed by atoms with Gasteiger partial charge in [-0.25, -0.2) is 9.07 Å². The van der Waals surface area contributed by atoms with E-state index in [1.165, 1.54) is 23.0 Å². The van der Waals surface area contributed by atoms with Crippen LogP contribution >= 0.6 is 0 Å². The highest BCUT2D eigenvalue weighted by Crippen LogP contribution is 2.31. The normalized spacial score (nSPS) is 20.1. The molecule has 2 aliphatic rings. The van der Waals surface area contributed by atoms with E-state index in [9.17, 15) is 14.3 Å². The molecular formula is C18H21FN4O4. The third-order valence-electron chi connectivity index (χ3n) is 5.01. The number of nitrogens with zero attached hydrogens (tertiary/aromatic N) is 4. The summed E-state index contributed by atoms with van der Waals surface area (Å²) in [5, 5.41) is 18.0. The van der Waals surface area contributed by atoms with E-state index in [1.807, 2.05) is 0 Å². The van der Waals surface area contributed by atoms with Gasteiger partial charge in [-0.2, -0.15) is 0 Å². The number of likely N-dealkylation sites (tertiary alicyclic amines) is 1. The SMILES string of the molecule is O=C(c1cn(C[C@@H](O)c2ccccc2F)nn1)N1CCC2(CC1)OCCO2. The lowest BCUT2D eigenvalue weighted by Gasteiger charge is -2.37. The first kappa shape index (κ1) is 18.0. The molecule has 0 unspecified atom stereocenters. The molecule has 9 heteroatoms. The molecule has 144 valence electrons. The average Bonchev–Trinajstić information content (AvgIpc) is 3.32. The van der Waals surface area contributed by atoms with Gasteiger partial charge in [0.2, 0.25) is 0 Å². The summed E-state index contributed by atoms with van der Waals surface area (Å²) in [5.74, 6) is -1.26. The molecule has 2 fully saturated rings. The summed E-state index contributed by atoms with van der Waals surface area (Å²) in [5.41, 5.74) is 0.374. The Morgan fingerprint density at radius 2 is 1.96 bits per heavy atom. The Balaban J connectivity index is 1.37. The van der Waals surface area contributed by atoms with Crippen molar-refractivity contribution in [2.75, 3.05) is 26.3 Å². The van der Waals surface area contributed by atoms with Crippen molar-refractivity contribution in [3.63, 3.8) is 0 Å². The number of piperidine rings is 1. The lowest BCUT2D eigenvalue weighted by atomic mass is 10.0. The van der Waals surface area contributed by atoms with Gasteiger partial charge in [0.25, 0.3) is 5.91 Å². The van der Waals surface area contributed by atoms with E-state index in [4.69, 9.17) is 9.47 Å². The Morgan fingerprint density at radius 1 is 1.26 bits per heavy atom. The number of benzene rings is 1. The van der Waals surface area contributed by atoms with Gasteiger partial charge < -0.3 is 19.5 Å². The van der Waals surface area contributed by atoms with Crippen LogP contribution in [-0.4, -0.2) is 63.0 Å². The molecule has 1 N–H and O–H groups in total. The first-order valence-electron chi connectivity index (χ1n) is 8.96. The Labute approximate surface area is 155 Å². The zero-order valence-electron chi connectivity index (χ0n) is 14.8. The van der Waals surface area contributed by atoms with E-state index >= 15 is 0 Å². The van der Waals surface area contributed by atoms with Crippen LogP contribution in [0.3, 0.4) is 0 Å². The fraction of sp³-hybridized carbons (Fsp3) is 0.500. The van der Waals surface area contributed by atoms with Gasteiger partial charge in [0.05, 0.1) is 26.0 Å². The zero-order valence-corrected chi connectivity index (χ0v) is 14.8. The van der Waals surface area contributed by atoms with E-state index in [2.05, 4.69) is 10.3 Å². The summed E-state index contributed by atoms with van der Waals surface area (Å²) < 4.78 is 26.4. The van der Waals surface area contributed by atoms with Gasteiger partial charge >= 0.3 is 0 Å². The second kappa shape index (κ2) is 7.34. The molecule has 0 aliphatic carbocycles. The maximum atomic E-state index is 13.8. The molecule has 8 nitrogen and oxygen atoms in total. The largest absolute Gasteiger partial charge is 0.386 e. The minimum absolute atomic E-state index is 0.00596. The molecule has 3 heterocycles. The van der Waals surface area contributed by atoms with Crippen molar-refractivity contribution in [2.45, 2.75) is 31.3 Å². The van der Waals surface area contributed by atoms with Gasteiger partial charge in [-0.05, 0) is 6.07 Å². The number of ether oxygens (including phenoxy) is 2. The number of rotatable bonds is 4. The summed E-state index contributed by atoms with van der Waals surface area (Å²) in [6.07, 6.45) is 1.64. The number of aromatic nitrogens is 3. The first-order chi connectivity index (χ1) is 13.1. The van der Waals surface area contributed by atoms with E-state index in [0.717, 1.165) is 0 Å². The zero-order chi connectivity index (χ0) is 18.9. The minimum atomic E-state index is -1.08. The molecule has 1 amide bonds. The Bertz CT molecular complexity index is 811. The van der Waals surface area contributed by atoms with Crippen LogP contribution in [-0.2, 0) is 16.0 Å². The highest BCUT2D eigenvalue weighted by molar-refractivity contribution is 5.92. The molecule has 0 radical (unpaired) electrons. The van der Waals surface area contributed by atoms with Gasteiger partial charge in [-0.3, -0.25) is 4.79 Å². The second-order valence-corrected chi connectivity index (χ2v) is 6.76. The molecule has 2 aliphatic heterocycles. The summed E-state index contributed by atoms with van der Waals surface area (Å²) in [4.78, 5) is 14.3. The molecule has 2 saturated heterocycles. The Morgan fingerprint density at radius 3 is 2.67 bits per heavy atom. The average molecular weight is 376 g/mol. The predicted octanol–water partition coefficient (Wildman–Crippen LogP) is 1.13. The highest BCUT2D eigenvalue weighted by Gasteiger charge is 2.41. The predicted molar refractivity (Wildman–Crippen MR) is 91.2 cm³/mol. The summed E-state index contributed by atoms with van der Waals surface area (Å²) in [6.45, 7) is 2.22. The Hall–Kier alpha value is -2.36. The van der Waals surface area contributed by atoms with Gasteiger partial charge in [0, 0.05) is 31.5 Å². The third-order valence-corrected chi connectivity index (χ3v) is 5.01. The van der Waals surface area contributed by atoms with Crippen LogP contribution in [0, 0.1) is 5.82 Å². The second-order valence-electron chi connectivity index (χ2n) is 6.76. The molecule has 27 heavy (non-hydrogen) atoms. The lowest BCUT2D eigenvalue weighted by Crippen LogP contribution is -2.47. The number of amides is 1. The fourth-order valence-electron chi connectivity index (χ4n) is 3.50. The molecule has 1 aromatic carbocycles. The maximum absolute atomic E-state index is 13.8. The number of hydrogen-bond acceptors (Lipinski definition) is 6. The molecule has 1 atom stereocenters. The van der Waals surface area contributed by atoms with Crippen molar-refractivity contribution >= 4 is 5.91 Å². The van der Waals surface area contributed by atoms with Crippen molar-refractivity contribution in [1.29, 1.82) is 0 Å². The van der Waals surface area contributed by atoms with E-state index < -0.39 is 17.7 Å². The number of aliphatic hydroxyl groups is 1. The van der Waals surface area contributed by atoms with Crippen molar-refractivity contribution in [3.8, 4) is 0 Å². The van der Waals surface area contributed by atoms with Gasteiger partial charge in [-0.15, -0.1) is 5.10 Å². The summed E-state index contributed by atoms with van der Waals surface area (Å²) in [7, 11) is 0. The van der Waals surface area contributed by atoms with Crippen molar-refractivity contribution in [3.05, 3.63) is 47.5 Å². The maximum Gasteiger partial charge on any atom is 0.276 e. The quantitative estimate of drug-likeness (QED) is 0.860. The molecular weight excluding hydrogens is 355 g/mol. The van der Waals surface area contributed by atoms with Crippen molar-refractivity contribution in [1.82, 2.24) is 19.9 Å². The summed E-state index contributed by atoms with van der Waals surface area (Å²) in [6, 6.07) is 6.01. The standard InChI is InChI=1S/C18H21FN4O4/c19-14-4-2-1-3-13(14)16(24)12-23-11-15(20-21-23)17(25)22-7-5-18(6-8-22)26-9-10-27-18/h1-4,11,16,24H,5-10,12H2/t16-/m1/s1. The molecule has 1 aromatic heterocycles. The lowest BCUT2D eigenvalue weighted by molar-refractivity contribution is -0.181. The monoisotopic (exact) mass is 376 g/mol. The van der Waals surface area contributed by atoms with E-state index in [0.29, 0.717) is 39.1 Å². The van der Waals surface area contributed by atoms with Gasteiger partial charge in [-0.1, -0.05) is 23.4 Å². The molecule has 2 aromatic rings. The number of halogens is 1. The number of carbonyl (C=O) groups is 1. The fourth-order valence-corrected chi connectivity index (χ4v) is 3.50. The first-order valence-corrected chi connectivity index (χ1v) is 8.96. The number of carbonyl (C=O) groups excluding carboxylic acids is 1. The van der Waals surface area contributed by atoms with Crippen molar-refractivity contribution in [2.24, 2.45) is 0 Å². The minimum Gasteiger partial charge on any atom is -0.386 e. The highest BCUT2D eigenvalue weighted by atomic mass is 19.1. The van der Waals surface area contributed by atoms with Crippen LogP contribution in [0.1, 0.15) is 35.0 Å². The third kappa shape index (κ3) is 3.71. The van der Waals surface area contributed by atoms with Crippen LogP contribution < -0.4 is 0 Å². The number of aliphatic hydroxyl groups excluding tert-OH is 1. The van der Waals surface area contributed by atoms with E-state index in [1.54, 1.807) is 17.0 Å². The molecule has 1 spiro atoms. The van der Waals surface area contributed by atoms with Crippen LogP contribution in [0.5, 0.6) is 0 Å². The molecule has 4 rings (SSSR count). The van der Waals surface area contributed by atoms with E-state index in [-0.39, 0.29) is 23.7 Å². The molecule has 0 saturated carbocycles.